The molecule has 5 nitrogen and oxygen atoms in total. The van der Waals surface area contributed by atoms with E-state index in [9.17, 15) is 13.5 Å². The molecule has 2 rings (SSSR count). The molecule has 1 heterocycles. The molecule has 0 aliphatic carbocycles. The quantitative estimate of drug-likeness (QED) is 0.829. The Morgan fingerprint density at radius 3 is 2.50 bits per heavy atom. The third-order valence-corrected chi connectivity index (χ3v) is 4.66. The topological polar surface area (TPSA) is 75.6 Å². The molecule has 2 N–H and O–H groups in total. The lowest BCUT2D eigenvalue weighted by molar-refractivity contribution is 0.185. The van der Waals surface area contributed by atoms with Gasteiger partial charge in [-0.05, 0) is 17.7 Å². The van der Waals surface area contributed by atoms with Crippen molar-refractivity contribution in [1.29, 1.82) is 0 Å². The van der Waals surface area contributed by atoms with Gasteiger partial charge in [-0.15, -0.1) is 0 Å². The van der Waals surface area contributed by atoms with Gasteiger partial charge in [0, 0.05) is 12.8 Å². The van der Waals surface area contributed by atoms with E-state index < -0.39 is 22.0 Å². The summed E-state index contributed by atoms with van der Waals surface area (Å²) in [5, 5.41) is 12.7. The van der Waals surface area contributed by atoms with Crippen LogP contribution in [0.15, 0.2) is 24.3 Å². The highest BCUT2D eigenvalue weighted by Gasteiger charge is 2.36. The van der Waals surface area contributed by atoms with Gasteiger partial charge in [0.05, 0.1) is 30.3 Å². The van der Waals surface area contributed by atoms with Gasteiger partial charge in [0.2, 0.25) is 0 Å². The zero-order valence-corrected chi connectivity index (χ0v) is 11.0. The summed E-state index contributed by atoms with van der Waals surface area (Å²) in [6.07, 6.45) is -0.839. The van der Waals surface area contributed by atoms with Crippen LogP contribution < -0.4 is 5.32 Å². The summed E-state index contributed by atoms with van der Waals surface area (Å²) in [4.78, 5) is 0. The summed E-state index contributed by atoms with van der Waals surface area (Å²) in [6.45, 7) is 0.542. The van der Waals surface area contributed by atoms with Crippen LogP contribution in [0.1, 0.15) is 5.56 Å². The monoisotopic (exact) mass is 271 g/mol. The van der Waals surface area contributed by atoms with Crippen LogP contribution in [0.2, 0.25) is 0 Å². The second kappa shape index (κ2) is 5.26. The standard InChI is InChI=1S/C12H17NO4S/c1-17-6-9-2-4-10(5-3-9)13-11-7-18(15,16)8-12(11)14/h2-5,11-14H,6-8H2,1H3. The molecule has 0 aromatic heterocycles. The number of hydrogen-bond donors (Lipinski definition) is 2. The number of aliphatic hydroxyl groups excluding tert-OH is 1. The van der Waals surface area contributed by atoms with Gasteiger partial charge < -0.3 is 15.2 Å². The maximum Gasteiger partial charge on any atom is 0.155 e. The van der Waals surface area contributed by atoms with E-state index in [4.69, 9.17) is 4.74 Å². The van der Waals surface area contributed by atoms with Crippen molar-refractivity contribution in [3.8, 4) is 0 Å². The summed E-state index contributed by atoms with van der Waals surface area (Å²) < 4.78 is 27.7. The molecule has 0 radical (unpaired) electrons. The third kappa shape index (κ3) is 3.22. The van der Waals surface area contributed by atoms with E-state index in [0.29, 0.717) is 6.61 Å². The van der Waals surface area contributed by atoms with Crippen molar-refractivity contribution in [1.82, 2.24) is 0 Å². The van der Waals surface area contributed by atoms with Crippen LogP contribution in [0, 0.1) is 0 Å². The van der Waals surface area contributed by atoms with Crippen molar-refractivity contribution in [2.24, 2.45) is 0 Å². The number of anilines is 1. The van der Waals surface area contributed by atoms with E-state index in [-0.39, 0.29) is 11.5 Å². The van der Waals surface area contributed by atoms with Gasteiger partial charge in [-0.25, -0.2) is 8.42 Å². The number of sulfone groups is 1. The van der Waals surface area contributed by atoms with Gasteiger partial charge in [-0.2, -0.15) is 0 Å². The number of nitrogens with one attached hydrogen (secondary N) is 1. The van der Waals surface area contributed by atoms with Crippen LogP contribution in [-0.4, -0.2) is 44.3 Å². The molecular formula is C12H17NO4S. The molecule has 1 aromatic carbocycles. The molecule has 1 saturated heterocycles. The van der Waals surface area contributed by atoms with Gasteiger partial charge in [0.15, 0.2) is 9.84 Å². The Morgan fingerprint density at radius 2 is 2.00 bits per heavy atom. The fourth-order valence-corrected chi connectivity index (χ4v) is 3.79. The van der Waals surface area contributed by atoms with Crippen molar-refractivity contribution in [3.63, 3.8) is 0 Å². The van der Waals surface area contributed by atoms with E-state index >= 15 is 0 Å². The average molecular weight is 271 g/mol. The number of hydrogen-bond acceptors (Lipinski definition) is 5. The van der Waals surface area contributed by atoms with Crippen molar-refractivity contribution >= 4 is 15.5 Å². The lowest BCUT2D eigenvalue weighted by Gasteiger charge is -2.16. The molecule has 18 heavy (non-hydrogen) atoms. The highest BCUT2D eigenvalue weighted by atomic mass is 32.2. The zero-order valence-electron chi connectivity index (χ0n) is 10.2. The molecule has 1 aliphatic rings. The summed E-state index contributed by atoms with van der Waals surface area (Å²) in [7, 11) is -1.48. The molecule has 1 fully saturated rings. The van der Waals surface area contributed by atoms with Crippen molar-refractivity contribution in [2.75, 3.05) is 23.9 Å². The Balaban J connectivity index is 2.01. The van der Waals surface area contributed by atoms with E-state index in [1.807, 2.05) is 24.3 Å². The van der Waals surface area contributed by atoms with E-state index in [1.165, 1.54) is 0 Å². The summed E-state index contributed by atoms with van der Waals surface area (Å²) in [6, 6.07) is 7.09. The highest BCUT2D eigenvalue weighted by Crippen LogP contribution is 2.18. The highest BCUT2D eigenvalue weighted by molar-refractivity contribution is 7.91. The van der Waals surface area contributed by atoms with Crippen LogP contribution in [0.4, 0.5) is 5.69 Å². The minimum Gasteiger partial charge on any atom is -0.390 e. The molecule has 0 saturated carbocycles. The number of rotatable bonds is 4. The minimum absolute atomic E-state index is 0.0199. The summed E-state index contributed by atoms with van der Waals surface area (Å²) in [5.41, 5.74) is 1.85. The van der Waals surface area contributed by atoms with Crippen molar-refractivity contribution in [3.05, 3.63) is 29.8 Å². The largest absolute Gasteiger partial charge is 0.390 e. The predicted molar refractivity (Wildman–Crippen MR) is 69.2 cm³/mol. The Morgan fingerprint density at radius 1 is 1.33 bits per heavy atom. The van der Waals surface area contributed by atoms with Crippen LogP contribution in [0.25, 0.3) is 0 Å². The fraction of sp³-hybridized carbons (Fsp3) is 0.500. The van der Waals surface area contributed by atoms with Gasteiger partial charge >= 0.3 is 0 Å². The van der Waals surface area contributed by atoms with E-state index in [0.717, 1.165) is 11.3 Å². The first kappa shape index (κ1) is 13.3. The molecule has 6 heteroatoms. The molecule has 0 spiro atoms. The number of methoxy groups -OCH3 is 1. The Labute approximate surface area is 107 Å². The first-order valence-electron chi connectivity index (χ1n) is 5.73. The fourth-order valence-electron chi connectivity index (χ4n) is 2.04. The Hall–Kier alpha value is -1.11. The van der Waals surface area contributed by atoms with Gasteiger partial charge in [-0.3, -0.25) is 0 Å². The van der Waals surface area contributed by atoms with E-state index in [1.54, 1.807) is 7.11 Å². The smallest absolute Gasteiger partial charge is 0.155 e. The Kier molecular flexibility index (Phi) is 3.89. The Bertz CT molecular complexity index is 497. The first-order chi connectivity index (χ1) is 8.50. The predicted octanol–water partition coefficient (Wildman–Crippen LogP) is 0.403. The molecule has 0 bridgehead atoms. The maximum absolute atomic E-state index is 11.4. The van der Waals surface area contributed by atoms with Crippen LogP contribution in [-0.2, 0) is 21.2 Å². The third-order valence-electron chi connectivity index (χ3n) is 2.94. The number of benzene rings is 1. The zero-order chi connectivity index (χ0) is 13.2. The summed E-state index contributed by atoms with van der Waals surface area (Å²) in [5.74, 6) is -0.180. The van der Waals surface area contributed by atoms with Crippen LogP contribution in [0.3, 0.4) is 0 Å². The second-order valence-electron chi connectivity index (χ2n) is 4.53. The lowest BCUT2D eigenvalue weighted by Crippen LogP contribution is -2.31. The summed E-state index contributed by atoms with van der Waals surface area (Å²) >= 11 is 0. The average Bonchev–Trinajstić information content (AvgIpc) is 2.55. The van der Waals surface area contributed by atoms with E-state index in [2.05, 4.69) is 5.32 Å². The molecule has 2 unspecified atom stereocenters. The SMILES string of the molecule is COCc1ccc(NC2CS(=O)(=O)CC2O)cc1. The molecular weight excluding hydrogens is 254 g/mol. The first-order valence-corrected chi connectivity index (χ1v) is 7.55. The van der Waals surface area contributed by atoms with Crippen LogP contribution in [0.5, 0.6) is 0 Å². The number of aliphatic hydroxyl groups is 1. The molecule has 100 valence electrons. The van der Waals surface area contributed by atoms with Gasteiger partial charge in [-0.1, -0.05) is 12.1 Å². The van der Waals surface area contributed by atoms with Crippen molar-refractivity contribution in [2.45, 2.75) is 18.8 Å². The van der Waals surface area contributed by atoms with Crippen molar-refractivity contribution < 1.29 is 18.3 Å². The molecule has 1 aliphatic heterocycles. The van der Waals surface area contributed by atoms with Crippen LogP contribution >= 0.6 is 0 Å². The molecule has 0 amide bonds. The normalized spacial score (nSPS) is 26.1. The van der Waals surface area contributed by atoms with Gasteiger partial charge in [0.25, 0.3) is 0 Å². The molecule has 1 aromatic rings. The minimum atomic E-state index is -3.11. The maximum atomic E-state index is 11.4. The second-order valence-corrected chi connectivity index (χ2v) is 6.68. The van der Waals surface area contributed by atoms with Gasteiger partial charge in [0.1, 0.15) is 0 Å². The lowest BCUT2D eigenvalue weighted by atomic mass is 10.1. The molecule has 2 atom stereocenters. The number of ether oxygens (including phenoxy) is 1.